The van der Waals surface area contributed by atoms with Crippen molar-refractivity contribution in [2.24, 2.45) is 11.7 Å². The van der Waals surface area contributed by atoms with Gasteiger partial charge in [-0.25, -0.2) is 9.59 Å². The van der Waals surface area contributed by atoms with Crippen molar-refractivity contribution in [1.29, 1.82) is 0 Å². The smallest absolute Gasteiger partial charge is 0.412 e. The van der Waals surface area contributed by atoms with Gasteiger partial charge in [0.25, 0.3) is 0 Å². The van der Waals surface area contributed by atoms with E-state index in [-0.39, 0.29) is 22.9 Å². The highest BCUT2D eigenvalue weighted by atomic mass is 79.9. The summed E-state index contributed by atoms with van der Waals surface area (Å²) in [7, 11) is 0. The van der Waals surface area contributed by atoms with Crippen LogP contribution in [0.3, 0.4) is 0 Å². The minimum absolute atomic E-state index is 0.0759. The number of piperidine rings is 3. The Hall–Kier alpha value is -1.65. The molecule has 0 saturated carbocycles. The number of primary amides is 1. The van der Waals surface area contributed by atoms with E-state index in [0.717, 1.165) is 32.5 Å². The maximum atomic E-state index is 12.3. The van der Waals surface area contributed by atoms with E-state index in [1.807, 2.05) is 0 Å². The number of ether oxygens (including phenoxy) is 1. The predicted octanol–water partition coefficient (Wildman–Crippen LogP) is 2.77. The van der Waals surface area contributed by atoms with Gasteiger partial charge in [0, 0.05) is 11.0 Å². The summed E-state index contributed by atoms with van der Waals surface area (Å²) in [5.74, 6) is -0.671. The quantitative estimate of drug-likeness (QED) is 0.497. The van der Waals surface area contributed by atoms with Crippen LogP contribution < -0.4 is 5.73 Å². The molecule has 26 heavy (non-hydrogen) atoms. The molecule has 3 aliphatic rings. The molecule has 5 rings (SSSR count). The maximum Gasteiger partial charge on any atom is 0.412 e. The van der Waals surface area contributed by atoms with Crippen LogP contribution in [0.25, 0.3) is 10.9 Å². The van der Waals surface area contributed by atoms with Crippen LogP contribution in [0.5, 0.6) is 5.75 Å². The Morgan fingerprint density at radius 2 is 1.96 bits per heavy atom. The van der Waals surface area contributed by atoms with Gasteiger partial charge in [0.2, 0.25) is 0 Å². The lowest BCUT2D eigenvalue weighted by Crippen LogP contribution is -2.48. The fraction of sp³-hybridized carbons (Fsp3) is 0.438. The van der Waals surface area contributed by atoms with Crippen molar-refractivity contribution in [2.75, 3.05) is 19.6 Å². The number of amides is 1. The van der Waals surface area contributed by atoms with Crippen LogP contribution in [0, 0.1) is 5.92 Å². The minimum Gasteiger partial charge on any atom is -0.506 e. The zero-order valence-corrected chi connectivity index (χ0v) is 16.8. The van der Waals surface area contributed by atoms with Crippen LogP contribution >= 0.6 is 31.9 Å². The zero-order valence-electron chi connectivity index (χ0n) is 13.6. The Morgan fingerprint density at radius 1 is 1.27 bits per heavy atom. The number of fused-ring (bicyclic) bond motifs is 4. The van der Waals surface area contributed by atoms with Crippen LogP contribution in [0.2, 0.25) is 0 Å². The Kier molecular flexibility index (Phi) is 4.44. The summed E-state index contributed by atoms with van der Waals surface area (Å²) >= 11 is 6.78. The van der Waals surface area contributed by atoms with Gasteiger partial charge < -0.3 is 20.5 Å². The first-order chi connectivity index (χ1) is 12.4. The van der Waals surface area contributed by atoms with E-state index in [2.05, 4.69) is 46.6 Å². The Bertz CT molecular complexity index is 921. The standard InChI is InChI=1S/C16H16Br2N4O4/c17-8-5-9(18)14(23)11-12(15(24)26-16(19)25)20-22(13(8)11)10-6-21-3-1-7(10)2-4-21/h5,7,10,23H,1-4,6H2,(H2,19,25)/t10-/m1/s1. The Labute approximate surface area is 165 Å². The number of aromatic nitrogens is 2. The molecule has 3 fully saturated rings. The lowest BCUT2D eigenvalue weighted by molar-refractivity contribution is 0.0518. The van der Waals surface area contributed by atoms with Gasteiger partial charge in [-0.05, 0) is 69.8 Å². The molecule has 0 unspecified atom stereocenters. The molecular weight excluding hydrogens is 472 g/mol. The van der Waals surface area contributed by atoms with Gasteiger partial charge in [0.1, 0.15) is 5.75 Å². The van der Waals surface area contributed by atoms with Crippen molar-refractivity contribution in [3.63, 3.8) is 0 Å². The number of carbonyl (C=O) groups is 2. The maximum absolute atomic E-state index is 12.3. The molecule has 3 saturated heterocycles. The molecule has 1 atom stereocenters. The van der Waals surface area contributed by atoms with E-state index < -0.39 is 12.1 Å². The second kappa shape index (κ2) is 6.50. The summed E-state index contributed by atoms with van der Waals surface area (Å²) in [5, 5.41) is 15.2. The van der Waals surface area contributed by atoms with Crippen LogP contribution in [0.1, 0.15) is 29.4 Å². The molecule has 2 aromatic rings. The lowest BCUT2D eigenvalue weighted by atomic mass is 9.84. The summed E-state index contributed by atoms with van der Waals surface area (Å²) in [6, 6.07) is 1.78. The number of hydrogen-bond acceptors (Lipinski definition) is 6. The highest BCUT2D eigenvalue weighted by Crippen LogP contribution is 2.43. The monoisotopic (exact) mass is 486 g/mol. The van der Waals surface area contributed by atoms with Gasteiger partial charge in [0.05, 0.1) is 21.4 Å². The number of nitrogens with zero attached hydrogens (tertiary/aromatic N) is 3. The van der Waals surface area contributed by atoms with E-state index in [4.69, 9.17) is 5.73 Å². The van der Waals surface area contributed by atoms with E-state index in [1.165, 1.54) is 0 Å². The molecule has 3 aliphatic heterocycles. The minimum atomic E-state index is -1.21. The highest BCUT2D eigenvalue weighted by molar-refractivity contribution is 9.11. The highest BCUT2D eigenvalue weighted by Gasteiger charge is 2.38. The second-order valence-corrected chi connectivity index (χ2v) is 8.33. The topological polar surface area (TPSA) is 111 Å². The third-order valence-corrected chi connectivity index (χ3v) is 6.38. The SMILES string of the molecule is NC(=O)OC(=O)c1nn([C@@H]2CN3CCC2CC3)c2c(Br)cc(Br)c(O)c12. The number of hydrogen-bond donors (Lipinski definition) is 2. The summed E-state index contributed by atoms with van der Waals surface area (Å²) in [6.45, 7) is 2.96. The molecule has 2 bridgehead atoms. The number of phenolic OH excluding ortho intramolecular Hbond substituents is 1. The second-order valence-electron chi connectivity index (χ2n) is 6.62. The molecule has 0 spiro atoms. The van der Waals surface area contributed by atoms with E-state index >= 15 is 0 Å². The average Bonchev–Trinajstić information content (AvgIpc) is 3.01. The fourth-order valence-electron chi connectivity index (χ4n) is 3.99. The van der Waals surface area contributed by atoms with Crippen LogP contribution in [-0.2, 0) is 4.74 Å². The molecule has 8 nitrogen and oxygen atoms in total. The third kappa shape index (κ3) is 2.80. The number of phenols is 1. The number of carbonyl (C=O) groups excluding carboxylic acids is 2. The summed E-state index contributed by atoms with van der Waals surface area (Å²) < 4.78 is 7.37. The molecule has 1 aromatic heterocycles. The first kappa shape index (κ1) is 17.7. The van der Waals surface area contributed by atoms with E-state index in [1.54, 1.807) is 10.7 Å². The van der Waals surface area contributed by atoms with Gasteiger partial charge in [-0.2, -0.15) is 5.10 Å². The normalized spacial score (nSPS) is 24.8. The van der Waals surface area contributed by atoms with Crippen molar-refractivity contribution in [1.82, 2.24) is 14.7 Å². The molecule has 0 radical (unpaired) electrons. The van der Waals surface area contributed by atoms with Crippen LogP contribution in [0.4, 0.5) is 4.79 Å². The Balaban J connectivity index is 1.92. The lowest BCUT2D eigenvalue weighted by Gasteiger charge is -2.44. The van der Waals surface area contributed by atoms with Crippen LogP contribution in [-0.4, -0.2) is 51.5 Å². The molecule has 0 aliphatic carbocycles. The molecule has 3 N–H and O–H groups in total. The van der Waals surface area contributed by atoms with Crippen molar-refractivity contribution >= 4 is 54.8 Å². The first-order valence-corrected chi connectivity index (χ1v) is 9.78. The first-order valence-electron chi connectivity index (χ1n) is 8.20. The Morgan fingerprint density at radius 3 is 2.54 bits per heavy atom. The van der Waals surface area contributed by atoms with Gasteiger partial charge >= 0.3 is 12.1 Å². The fourth-order valence-corrected chi connectivity index (χ4v) is 5.33. The molecule has 138 valence electrons. The molecule has 1 aromatic carbocycles. The number of halogens is 2. The van der Waals surface area contributed by atoms with Crippen molar-refractivity contribution < 1.29 is 19.4 Å². The van der Waals surface area contributed by atoms with Gasteiger partial charge in [0.15, 0.2) is 5.69 Å². The van der Waals surface area contributed by atoms with Crippen molar-refractivity contribution in [3.8, 4) is 5.75 Å². The zero-order chi connectivity index (χ0) is 18.6. The van der Waals surface area contributed by atoms with Crippen LogP contribution in [0.15, 0.2) is 15.0 Å². The number of aromatic hydroxyl groups is 1. The van der Waals surface area contributed by atoms with Gasteiger partial charge in [-0.15, -0.1) is 0 Å². The van der Waals surface area contributed by atoms with Gasteiger partial charge in [-0.1, -0.05) is 0 Å². The summed E-state index contributed by atoms with van der Waals surface area (Å²) in [6.07, 6.45) is 0.912. The summed E-state index contributed by atoms with van der Waals surface area (Å²) in [4.78, 5) is 25.7. The van der Waals surface area contributed by atoms with Crippen molar-refractivity contribution in [3.05, 3.63) is 20.7 Å². The van der Waals surface area contributed by atoms with Crippen molar-refractivity contribution in [2.45, 2.75) is 18.9 Å². The number of benzene rings is 1. The van der Waals surface area contributed by atoms with Gasteiger partial charge in [-0.3, -0.25) is 4.68 Å². The number of rotatable bonds is 2. The number of nitrogens with two attached hydrogens (primary N) is 1. The summed E-state index contributed by atoms with van der Waals surface area (Å²) in [5.41, 5.74) is 5.44. The molecule has 1 amide bonds. The predicted molar refractivity (Wildman–Crippen MR) is 100.0 cm³/mol. The van der Waals surface area contributed by atoms with E-state index in [0.29, 0.717) is 20.4 Å². The largest absolute Gasteiger partial charge is 0.506 e. The third-order valence-electron chi connectivity index (χ3n) is 5.18. The number of esters is 1. The van der Waals surface area contributed by atoms with E-state index in [9.17, 15) is 14.7 Å². The average molecular weight is 488 g/mol. The molecule has 4 heterocycles. The molecular formula is C16H16Br2N4O4. The molecule has 10 heteroatoms.